The molecular weight excluding hydrogens is 540 g/mol. The van der Waals surface area contributed by atoms with E-state index in [-0.39, 0.29) is 0 Å². The molecule has 216 valence electrons. The monoisotopic (exact) mass is 574 g/mol. The predicted octanol–water partition coefficient (Wildman–Crippen LogP) is 10.8. The van der Waals surface area contributed by atoms with Gasteiger partial charge in [0.1, 0.15) is 11.5 Å². The Hall–Kier alpha value is -5.74. The summed E-state index contributed by atoms with van der Waals surface area (Å²) in [7, 11) is 3.37. The number of anilines is 6. The van der Waals surface area contributed by atoms with Crippen molar-refractivity contribution in [3.8, 4) is 11.5 Å². The maximum atomic E-state index is 5.37. The van der Waals surface area contributed by atoms with Gasteiger partial charge < -0.3 is 19.3 Å². The molecule has 0 spiro atoms. The van der Waals surface area contributed by atoms with Crippen LogP contribution >= 0.6 is 0 Å². The lowest BCUT2D eigenvalue weighted by Crippen LogP contribution is -2.09. The standard InChI is InChI=1S/C40H34N2O2/c1-43-39-27-23-37(24-28-39)41(33-9-5-3-6-10-33)35-19-15-31(16-20-35)13-14-32-17-21-36(22-18-32)42(34-11-7-4-8-12-34)38-25-29-40(44-2)30-26-38/h3-30H,1-2H3/b14-13+. The van der Waals surface area contributed by atoms with Gasteiger partial charge in [-0.05, 0) is 108 Å². The van der Waals surface area contributed by atoms with Crippen LogP contribution in [0.3, 0.4) is 0 Å². The summed E-state index contributed by atoms with van der Waals surface area (Å²) in [6, 6.07) is 54.3. The van der Waals surface area contributed by atoms with Gasteiger partial charge in [0, 0.05) is 34.1 Å². The van der Waals surface area contributed by atoms with Crippen LogP contribution in [0, 0.1) is 0 Å². The van der Waals surface area contributed by atoms with E-state index in [4.69, 9.17) is 9.47 Å². The highest BCUT2D eigenvalue weighted by atomic mass is 16.5. The van der Waals surface area contributed by atoms with E-state index in [0.717, 1.165) is 56.8 Å². The second-order valence-corrected chi connectivity index (χ2v) is 10.3. The Balaban J connectivity index is 1.22. The van der Waals surface area contributed by atoms with Gasteiger partial charge >= 0.3 is 0 Å². The summed E-state index contributed by atoms with van der Waals surface area (Å²) in [6.07, 6.45) is 4.30. The van der Waals surface area contributed by atoms with E-state index in [1.54, 1.807) is 14.2 Å². The fourth-order valence-corrected chi connectivity index (χ4v) is 5.17. The summed E-state index contributed by atoms with van der Waals surface area (Å²) in [5, 5.41) is 0. The first-order chi connectivity index (χ1) is 21.7. The Morgan fingerprint density at radius 1 is 0.341 bits per heavy atom. The quantitative estimate of drug-likeness (QED) is 0.152. The lowest BCUT2D eigenvalue weighted by molar-refractivity contribution is 0.414. The van der Waals surface area contributed by atoms with Crippen molar-refractivity contribution in [3.05, 3.63) is 169 Å². The molecule has 0 aliphatic carbocycles. The van der Waals surface area contributed by atoms with E-state index >= 15 is 0 Å². The van der Waals surface area contributed by atoms with Crippen molar-refractivity contribution < 1.29 is 9.47 Å². The van der Waals surface area contributed by atoms with Crippen LogP contribution < -0.4 is 19.3 Å². The number of benzene rings is 6. The third kappa shape index (κ3) is 6.50. The minimum absolute atomic E-state index is 0.837. The molecule has 4 nitrogen and oxygen atoms in total. The predicted molar refractivity (Wildman–Crippen MR) is 184 cm³/mol. The molecule has 0 saturated heterocycles. The molecule has 0 atom stereocenters. The summed E-state index contributed by atoms with van der Waals surface area (Å²) in [5.74, 6) is 1.67. The zero-order valence-corrected chi connectivity index (χ0v) is 24.9. The first kappa shape index (κ1) is 28.4. The average Bonchev–Trinajstić information content (AvgIpc) is 3.10. The summed E-state index contributed by atoms with van der Waals surface area (Å²) in [4.78, 5) is 4.49. The Morgan fingerprint density at radius 2 is 0.614 bits per heavy atom. The molecule has 0 bridgehead atoms. The number of ether oxygens (including phenoxy) is 2. The van der Waals surface area contributed by atoms with Crippen LogP contribution in [0.5, 0.6) is 11.5 Å². The van der Waals surface area contributed by atoms with Crippen LogP contribution in [0.25, 0.3) is 12.2 Å². The highest BCUT2D eigenvalue weighted by Gasteiger charge is 2.13. The molecule has 6 rings (SSSR count). The second-order valence-electron chi connectivity index (χ2n) is 10.3. The number of nitrogens with zero attached hydrogens (tertiary/aromatic N) is 2. The topological polar surface area (TPSA) is 24.9 Å². The number of methoxy groups -OCH3 is 2. The first-order valence-electron chi connectivity index (χ1n) is 14.6. The molecule has 0 aromatic heterocycles. The van der Waals surface area contributed by atoms with Crippen LogP contribution in [-0.2, 0) is 0 Å². The number of hydrogen-bond acceptors (Lipinski definition) is 4. The lowest BCUT2D eigenvalue weighted by atomic mass is 10.1. The van der Waals surface area contributed by atoms with Gasteiger partial charge in [0.05, 0.1) is 14.2 Å². The molecule has 0 heterocycles. The fourth-order valence-electron chi connectivity index (χ4n) is 5.17. The van der Waals surface area contributed by atoms with E-state index in [1.165, 1.54) is 0 Å². The summed E-state index contributed by atoms with van der Waals surface area (Å²) < 4.78 is 10.7. The molecule has 6 aromatic carbocycles. The van der Waals surface area contributed by atoms with Crippen LogP contribution in [0.15, 0.2) is 158 Å². The molecule has 0 unspecified atom stereocenters. The average molecular weight is 575 g/mol. The van der Waals surface area contributed by atoms with Crippen LogP contribution in [-0.4, -0.2) is 14.2 Å². The highest BCUT2D eigenvalue weighted by Crippen LogP contribution is 2.37. The van der Waals surface area contributed by atoms with Gasteiger partial charge in [-0.2, -0.15) is 0 Å². The number of rotatable bonds is 10. The molecular formula is C40H34N2O2. The smallest absolute Gasteiger partial charge is 0.119 e. The molecule has 4 heteroatoms. The largest absolute Gasteiger partial charge is 0.497 e. The molecule has 44 heavy (non-hydrogen) atoms. The van der Waals surface area contributed by atoms with Crippen molar-refractivity contribution >= 4 is 46.3 Å². The molecule has 0 aliphatic heterocycles. The maximum Gasteiger partial charge on any atom is 0.119 e. The van der Waals surface area contributed by atoms with Gasteiger partial charge in [-0.15, -0.1) is 0 Å². The first-order valence-corrected chi connectivity index (χ1v) is 14.6. The zero-order chi connectivity index (χ0) is 30.1. The Kier molecular flexibility index (Phi) is 8.70. The summed E-state index contributed by atoms with van der Waals surface area (Å²) in [6.45, 7) is 0. The SMILES string of the molecule is COc1ccc(N(c2ccccc2)c2ccc(/C=C/c3ccc(N(c4ccccc4)c4ccc(OC)cc4)cc3)cc2)cc1. The Morgan fingerprint density at radius 3 is 0.909 bits per heavy atom. The van der Waals surface area contributed by atoms with E-state index in [0.29, 0.717) is 0 Å². The molecule has 0 aliphatic rings. The van der Waals surface area contributed by atoms with Crippen LogP contribution in [0.4, 0.5) is 34.1 Å². The second kappa shape index (κ2) is 13.5. The minimum atomic E-state index is 0.837. The normalized spacial score (nSPS) is 10.9. The van der Waals surface area contributed by atoms with Crippen molar-refractivity contribution in [2.24, 2.45) is 0 Å². The zero-order valence-electron chi connectivity index (χ0n) is 24.9. The Bertz CT molecular complexity index is 1650. The van der Waals surface area contributed by atoms with Crippen molar-refractivity contribution in [2.45, 2.75) is 0 Å². The van der Waals surface area contributed by atoms with Crippen LogP contribution in [0.1, 0.15) is 11.1 Å². The molecule has 0 saturated carbocycles. The number of para-hydroxylation sites is 2. The Labute approximate surface area is 259 Å². The van der Waals surface area contributed by atoms with Gasteiger partial charge in [0.15, 0.2) is 0 Å². The molecule has 0 amide bonds. The third-order valence-corrected chi connectivity index (χ3v) is 7.46. The van der Waals surface area contributed by atoms with Gasteiger partial charge in [0.2, 0.25) is 0 Å². The summed E-state index contributed by atoms with van der Waals surface area (Å²) in [5.41, 5.74) is 8.76. The molecule has 6 aromatic rings. The molecule has 0 radical (unpaired) electrons. The van der Waals surface area contributed by atoms with E-state index in [1.807, 2.05) is 36.4 Å². The van der Waals surface area contributed by atoms with Gasteiger partial charge in [-0.1, -0.05) is 72.8 Å². The van der Waals surface area contributed by atoms with E-state index in [2.05, 4.69) is 143 Å². The van der Waals surface area contributed by atoms with Gasteiger partial charge in [-0.25, -0.2) is 0 Å². The van der Waals surface area contributed by atoms with E-state index in [9.17, 15) is 0 Å². The van der Waals surface area contributed by atoms with Gasteiger partial charge in [0.25, 0.3) is 0 Å². The third-order valence-electron chi connectivity index (χ3n) is 7.46. The highest BCUT2D eigenvalue weighted by molar-refractivity contribution is 5.80. The molecule has 0 fully saturated rings. The van der Waals surface area contributed by atoms with Crippen molar-refractivity contribution in [1.82, 2.24) is 0 Å². The lowest BCUT2D eigenvalue weighted by Gasteiger charge is -2.25. The van der Waals surface area contributed by atoms with Gasteiger partial charge in [-0.3, -0.25) is 0 Å². The van der Waals surface area contributed by atoms with Crippen LogP contribution in [0.2, 0.25) is 0 Å². The fraction of sp³-hybridized carbons (Fsp3) is 0.0500. The van der Waals surface area contributed by atoms with Crippen molar-refractivity contribution in [2.75, 3.05) is 24.0 Å². The van der Waals surface area contributed by atoms with Crippen molar-refractivity contribution in [3.63, 3.8) is 0 Å². The molecule has 0 N–H and O–H groups in total. The minimum Gasteiger partial charge on any atom is -0.497 e. The number of hydrogen-bond donors (Lipinski definition) is 0. The summed E-state index contributed by atoms with van der Waals surface area (Å²) >= 11 is 0. The van der Waals surface area contributed by atoms with E-state index < -0.39 is 0 Å². The van der Waals surface area contributed by atoms with Crippen molar-refractivity contribution in [1.29, 1.82) is 0 Å². The maximum absolute atomic E-state index is 5.37.